The van der Waals surface area contributed by atoms with Crippen molar-refractivity contribution < 1.29 is 13.9 Å². The summed E-state index contributed by atoms with van der Waals surface area (Å²) in [6, 6.07) is 14.1. The van der Waals surface area contributed by atoms with Crippen molar-refractivity contribution in [3.05, 3.63) is 71.2 Å². The van der Waals surface area contributed by atoms with Crippen molar-refractivity contribution in [3.8, 4) is 11.4 Å². The first-order valence-electron chi connectivity index (χ1n) is 8.94. The van der Waals surface area contributed by atoms with Gasteiger partial charge in [-0.3, -0.25) is 4.79 Å². The Morgan fingerprint density at radius 1 is 1.18 bits per heavy atom. The third-order valence-electron chi connectivity index (χ3n) is 4.82. The highest BCUT2D eigenvalue weighted by Gasteiger charge is 2.35. The van der Waals surface area contributed by atoms with Gasteiger partial charge in [0.2, 0.25) is 5.91 Å². The molecule has 0 spiro atoms. The van der Waals surface area contributed by atoms with E-state index in [-0.39, 0.29) is 22.2 Å². The lowest BCUT2D eigenvalue weighted by molar-refractivity contribution is -0.115. The number of carbonyl (C=O) groups is 1. The molecule has 4 rings (SSSR count). The number of anilines is 1. The van der Waals surface area contributed by atoms with Gasteiger partial charge in [-0.25, -0.2) is 9.07 Å². The molecule has 0 saturated carbocycles. The molecule has 2 unspecified atom stereocenters. The topological polar surface area (TPSA) is 56.1 Å². The molecule has 5 nitrogen and oxygen atoms in total. The lowest BCUT2D eigenvalue weighted by Gasteiger charge is -2.18. The molecule has 7 heteroatoms. The monoisotopic (exact) mass is 397 g/mol. The summed E-state index contributed by atoms with van der Waals surface area (Å²) in [6.07, 6.45) is 0. The van der Waals surface area contributed by atoms with Gasteiger partial charge in [0, 0.05) is 11.1 Å². The second-order valence-electron chi connectivity index (χ2n) is 6.63. The fourth-order valence-electron chi connectivity index (χ4n) is 3.35. The molecule has 0 fully saturated rings. The van der Waals surface area contributed by atoms with Crippen LogP contribution in [0.2, 0.25) is 0 Å². The van der Waals surface area contributed by atoms with Crippen LogP contribution >= 0.6 is 11.8 Å². The predicted octanol–water partition coefficient (Wildman–Crippen LogP) is 4.49. The molecule has 1 aromatic heterocycles. The number of nitrogens with one attached hydrogen (secondary N) is 1. The number of fused-ring (bicyclic) bond motifs is 1. The van der Waals surface area contributed by atoms with Crippen LogP contribution in [-0.4, -0.2) is 28.0 Å². The zero-order valence-corrected chi connectivity index (χ0v) is 16.6. The number of rotatable bonds is 3. The van der Waals surface area contributed by atoms with Crippen molar-refractivity contribution in [3.63, 3.8) is 0 Å². The quantitative estimate of drug-likeness (QED) is 0.707. The Bertz CT molecular complexity index is 1030. The number of hydrogen-bond acceptors (Lipinski definition) is 4. The summed E-state index contributed by atoms with van der Waals surface area (Å²) in [7, 11) is 1.61. The van der Waals surface area contributed by atoms with Crippen LogP contribution in [0.1, 0.15) is 29.0 Å². The third-order valence-corrected chi connectivity index (χ3v) is 6.21. The summed E-state index contributed by atoms with van der Waals surface area (Å²) in [5.41, 5.74) is 2.91. The molecule has 144 valence electrons. The van der Waals surface area contributed by atoms with Gasteiger partial charge in [-0.15, -0.1) is 11.8 Å². The summed E-state index contributed by atoms with van der Waals surface area (Å²) in [5.74, 6) is 0.901. The first kappa shape index (κ1) is 18.6. The number of ether oxygens (including phenoxy) is 1. The average molecular weight is 397 g/mol. The van der Waals surface area contributed by atoms with Crippen molar-refractivity contribution in [2.75, 3.05) is 12.4 Å². The molecule has 1 aliphatic heterocycles. The largest absolute Gasteiger partial charge is 0.497 e. The van der Waals surface area contributed by atoms with Crippen molar-refractivity contribution in [1.29, 1.82) is 0 Å². The second-order valence-corrected chi connectivity index (χ2v) is 8.08. The standard InChI is InChI=1S/C21H20FN3O2S/c1-12-18-19(16-6-4-5-7-17(16)22)28-13(2)21(26)23-20(18)25(24-12)14-8-10-15(27-3)11-9-14/h4-11,13,19H,1-3H3,(H,23,26). The number of carbonyl (C=O) groups excluding carboxylic acids is 1. The number of benzene rings is 2. The van der Waals surface area contributed by atoms with E-state index in [0.717, 1.165) is 22.7 Å². The minimum absolute atomic E-state index is 0.125. The van der Waals surface area contributed by atoms with Crippen molar-refractivity contribution in [2.24, 2.45) is 0 Å². The van der Waals surface area contributed by atoms with E-state index in [1.807, 2.05) is 44.2 Å². The maximum Gasteiger partial charge on any atom is 0.238 e. The Kier molecular flexibility index (Phi) is 4.85. The number of halogens is 1. The summed E-state index contributed by atoms with van der Waals surface area (Å²) < 4.78 is 21.5. The second kappa shape index (κ2) is 7.31. The Morgan fingerprint density at radius 3 is 2.57 bits per heavy atom. The van der Waals surface area contributed by atoms with Crippen LogP contribution in [0.5, 0.6) is 5.75 Å². The molecule has 2 heterocycles. The zero-order chi connectivity index (χ0) is 19.8. The summed E-state index contributed by atoms with van der Waals surface area (Å²) in [6.45, 7) is 3.72. The van der Waals surface area contributed by atoms with Gasteiger partial charge in [-0.05, 0) is 44.2 Å². The predicted molar refractivity (Wildman–Crippen MR) is 109 cm³/mol. The van der Waals surface area contributed by atoms with E-state index in [2.05, 4.69) is 10.4 Å². The van der Waals surface area contributed by atoms with Crippen LogP contribution in [0.25, 0.3) is 5.69 Å². The van der Waals surface area contributed by atoms with E-state index >= 15 is 0 Å². The molecule has 0 bridgehead atoms. The Morgan fingerprint density at radius 2 is 1.89 bits per heavy atom. The molecular weight excluding hydrogens is 377 g/mol. The van der Waals surface area contributed by atoms with Crippen molar-refractivity contribution in [2.45, 2.75) is 24.3 Å². The van der Waals surface area contributed by atoms with E-state index in [1.54, 1.807) is 23.9 Å². The van der Waals surface area contributed by atoms with E-state index in [0.29, 0.717) is 11.4 Å². The maximum atomic E-state index is 14.6. The molecule has 0 aliphatic carbocycles. The number of thioether (sulfide) groups is 1. The molecular formula is C21H20FN3O2S. The van der Waals surface area contributed by atoms with Gasteiger partial charge in [-0.1, -0.05) is 18.2 Å². The fraction of sp³-hybridized carbons (Fsp3) is 0.238. The smallest absolute Gasteiger partial charge is 0.238 e. The van der Waals surface area contributed by atoms with E-state index in [1.165, 1.54) is 17.8 Å². The molecule has 1 amide bonds. The lowest BCUT2D eigenvalue weighted by atomic mass is 10.0. The number of nitrogens with zero attached hydrogens (tertiary/aromatic N) is 2. The molecule has 0 radical (unpaired) electrons. The lowest BCUT2D eigenvalue weighted by Crippen LogP contribution is -2.22. The van der Waals surface area contributed by atoms with E-state index in [9.17, 15) is 9.18 Å². The number of amides is 1. The highest BCUT2D eigenvalue weighted by molar-refractivity contribution is 8.01. The Hall–Kier alpha value is -2.80. The minimum Gasteiger partial charge on any atom is -0.497 e. The molecule has 3 aromatic rings. The number of aryl methyl sites for hydroxylation is 1. The first-order valence-corrected chi connectivity index (χ1v) is 9.88. The molecule has 0 saturated heterocycles. The van der Waals surface area contributed by atoms with Gasteiger partial charge in [0.25, 0.3) is 0 Å². The van der Waals surface area contributed by atoms with Gasteiger partial charge in [0.15, 0.2) is 0 Å². The zero-order valence-electron chi connectivity index (χ0n) is 15.8. The summed E-state index contributed by atoms with van der Waals surface area (Å²) in [5, 5.41) is 6.98. The molecule has 2 atom stereocenters. The first-order chi connectivity index (χ1) is 13.5. The minimum atomic E-state index is -0.336. The molecule has 1 N–H and O–H groups in total. The van der Waals surface area contributed by atoms with Crippen molar-refractivity contribution >= 4 is 23.5 Å². The summed E-state index contributed by atoms with van der Waals surface area (Å²) in [4.78, 5) is 12.6. The van der Waals surface area contributed by atoms with Crippen LogP contribution < -0.4 is 10.1 Å². The Labute approximate surface area is 166 Å². The van der Waals surface area contributed by atoms with Crippen LogP contribution in [-0.2, 0) is 4.79 Å². The highest BCUT2D eigenvalue weighted by Crippen LogP contribution is 2.46. The number of aromatic nitrogens is 2. The Balaban J connectivity index is 1.90. The van der Waals surface area contributed by atoms with E-state index in [4.69, 9.17) is 4.74 Å². The summed E-state index contributed by atoms with van der Waals surface area (Å²) >= 11 is 1.43. The van der Waals surface area contributed by atoms with Crippen LogP contribution in [0, 0.1) is 12.7 Å². The highest BCUT2D eigenvalue weighted by atomic mass is 32.2. The SMILES string of the molecule is COc1ccc(-n2nc(C)c3c2NC(=O)C(C)SC3c2ccccc2F)cc1. The number of hydrogen-bond donors (Lipinski definition) is 1. The molecule has 1 aliphatic rings. The van der Waals surface area contributed by atoms with E-state index < -0.39 is 0 Å². The molecule has 2 aromatic carbocycles. The third kappa shape index (κ3) is 3.16. The maximum absolute atomic E-state index is 14.6. The van der Waals surface area contributed by atoms with Gasteiger partial charge in [0.05, 0.1) is 29.0 Å². The fourth-order valence-corrected chi connectivity index (χ4v) is 4.70. The molecule has 28 heavy (non-hydrogen) atoms. The van der Waals surface area contributed by atoms with Crippen LogP contribution in [0.15, 0.2) is 48.5 Å². The average Bonchev–Trinajstić information content (AvgIpc) is 2.95. The van der Waals surface area contributed by atoms with Gasteiger partial charge < -0.3 is 10.1 Å². The normalized spacial score (nSPS) is 18.9. The van der Waals surface area contributed by atoms with Crippen molar-refractivity contribution in [1.82, 2.24) is 9.78 Å². The van der Waals surface area contributed by atoms with Crippen LogP contribution in [0.4, 0.5) is 10.2 Å². The number of methoxy groups -OCH3 is 1. The van der Waals surface area contributed by atoms with Gasteiger partial charge in [0.1, 0.15) is 17.4 Å². The van der Waals surface area contributed by atoms with Gasteiger partial charge in [-0.2, -0.15) is 5.10 Å². The van der Waals surface area contributed by atoms with Crippen LogP contribution in [0.3, 0.4) is 0 Å². The van der Waals surface area contributed by atoms with Gasteiger partial charge >= 0.3 is 0 Å².